The van der Waals surface area contributed by atoms with Gasteiger partial charge in [0.15, 0.2) is 0 Å². The summed E-state index contributed by atoms with van der Waals surface area (Å²) in [6.07, 6.45) is 0.892. The number of hydrogen-bond donors (Lipinski definition) is 1. The molecule has 78 valence electrons. The van der Waals surface area contributed by atoms with Gasteiger partial charge >= 0.3 is 0 Å². The van der Waals surface area contributed by atoms with Crippen molar-refractivity contribution in [3.63, 3.8) is 0 Å². The largest absolute Gasteiger partial charge is 0.328 e. The van der Waals surface area contributed by atoms with Gasteiger partial charge in [0.2, 0.25) is 0 Å². The second kappa shape index (κ2) is 5.64. The maximum absolute atomic E-state index is 5.95. The van der Waals surface area contributed by atoms with Crippen molar-refractivity contribution in [2.75, 3.05) is 5.75 Å². The van der Waals surface area contributed by atoms with E-state index in [1.807, 2.05) is 30.8 Å². The highest BCUT2D eigenvalue weighted by molar-refractivity contribution is 7.99. The Hall–Kier alpha value is -0.180. The van der Waals surface area contributed by atoms with Gasteiger partial charge in [0, 0.05) is 16.0 Å². The lowest BCUT2D eigenvalue weighted by atomic mass is 10.1. The summed E-state index contributed by atoms with van der Waals surface area (Å²) in [5.41, 5.74) is 7.05. The Morgan fingerprint density at radius 3 is 2.79 bits per heavy atom. The Morgan fingerprint density at radius 2 is 2.21 bits per heavy atom. The lowest BCUT2D eigenvalue weighted by molar-refractivity contribution is 0.729. The zero-order chi connectivity index (χ0) is 10.6. The van der Waals surface area contributed by atoms with Crippen LogP contribution in [-0.2, 0) is 6.42 Å². The van der Waals surface area contributed by atoms with Crippen LogP contribution in [0.5, 0.6) is 0 Å². The normalized spacial score (nSPS) is 12.9. The van der Waals surface area contributed by atoms with Crippen LogP contribution in [0.25, 0.3) is 0 Å². The maximum atomic E-state index is 5.95. The highest BCUT2D eigenvalue weighted by Gasteiger charge is 2.05. The average molecular weight is 230 g/mol. The molecule has 0 aliphatic heterocycles. The van der Waals surface area contributed by atoms with Crippen molar-refractivity contribution in [2.24, 2.45) is 5.73 Å². The van der Waals surface area contributed by atoms with Crippen LogP contribution in [0.15, 0.2) is 23.1 Å². The molecule has 1 aromatic rings. The summed E-state index contributed by atoms with van der Waals surface area (Å²) >= 11 is 7.79. The van der Waals surface area contributed by atoms with Crippen molar-refractivity contribution in [2.45, 2.75) is 31.2 Å². The molecule has 0 heterocycles. The quantitative estimate of drug-likeness (QED) is 0.802. The monoisotopic (exact) mass is 229 g/mol. The standard InChI is InChI=1S/C11H16ClNS/c1-3-14-11-5-4-10(12)7-9(11)6-8(2)13/h4-5,7-8H,3,6,13H2,1-2H3. The molecule has 2 N–H and O–H groups in total. The van der Waals surface area contributed by atoms with E-state index in [-0.39, 0.29) is 6.04 Å². The second-order valence-corrected chi connectivity index (χ2v) is 5.11. The first kappa shape index (κ1) is 11.9. The van der Waals surface area contributed by atoms with Crippen LogP contribution in [0.4, 0.5) is 0 Å². The molecule has 1 aromatic carbocycles. The lowest BCUT2D eigenvalue weighted by Crippen LogP contribution is -2.18. The Morgan fingerprint density at radius 1 is 1.50 bits per heavy atom. The highest BCUT2D eigenvalue weighted by atomic mass is 35.5. The van der Waals surface area contributed by atoms with Crippen LogP contribution in [0.3, 0.4) is 0 Å². The molecule has 0 amide bonds. The summed E-state index contributed by atoms with van der Waals surface area (Å²) in [7, 11) is 0. The first-order chi connectivity index (χ1) is 6.63. The van der Waals surface area contributed by atoms with Gasteiger partial charge in [-0.25, -0.2) is 0 Å². The molecular formula is C11H16ClNS. The zero-order valence-corrected chi connectivity index (χ0v) is 10.2. The molecule has 0 radical (unpaired) electrons. The average Bonchev–Trinajstić information content (AvgIpc) is 2.09. The molecule has 0 aromatic heterocycles. The highest BCUT2D eigenvalue weighted by Crippen LogP contribution is 2.26. The van der Waals surface area contributed by atoms with Crippen LogP contribution in [-0.4, -0.2) is 11.8 Å². The molecule has 14 heavy (non-hydrogen) atoms. The third-order valence-corrected chi connectivity index (χ3v) is 3.10. The molecule has 0 fully saturated rings. The molecule has 0 bridgehead atoms. The molecule has 1 nitrogen and oxygen atoms in total. The summed E-state index contributed by atoms with van der Waals surface area (Å²) in [6, 6.07) is 6.21. The van der Waals surface area contributed by atoms with Crippen LogP contribution < -0.4 is 5.73 Å². The SMILES string of the molecule is CCSc1ccc(Cl)cc1CC(C)N. The Kier molecular flexibility index (Phi) is 4.79. The van der Waals surface area contributed by atoms with Crippen molar-refractivity contribution in [3.8, 4) is 0 Å². The number of benzene rings is 1. The van der Waals surface area contributed by atoms with Gasteiger partial charge in [-0.2, -0.15) is 0 Å². The number of nitrogens with two attached hydrogens (primary N) is 1. The summed E-state index contributed by atoms with van der Waals surface area (Å²) in [5.74, 6) is 1.08. The second-order valence-electron chi connectivity index (χ2n) is 3.37. The first-order valence-corrected chi connectivity index (χ1v) is 6.16. The van der Waals surface area contributed by atoms with Crippen LogP contribution >= 0.6 is 23.4 Å². The third-order valence-electron chi connectivity index (χ3n) is 1.86. The van der Waals surface area contributed by atoms with Crippen molar-refractivity contribution < 1.29 is 0 Å². The molecule has 1 atom stereocenters. The first-order valence-electron chi connectivity index (χ1n) is 4.80. The summed E-state index contributed by atoms with van der Waals surface area (Å²) in [4.78, 5) is 1.30. The van der Waals surface area contributed by atoms with Crippen LogP contribution in [0, 0.1) is 0 Å². The van der Waals surface area contributed by atoms with Crippen LogP contribution in [0.2, 0.25) is 5.02 Å². The van der Waals surface area contributed by atoms with Gasteiger partial charge in [-0.15, -0.1) is 11.8 Å². The van der Waals surface area contributed by atoms with Gasteiger partial charge in [-0.05, 0) is 42.9 Å². The molecule has 0 aliphatic carbocycles. The fourth-order valence-corrected chi connectivity index (χ4v) is 2.35. The predicted octanol–water partition coefficient (Wildman–Crippen LogP) is 3.34. The van der Waals surface area contributed by atoms with E-state index in [4.69, 9.17) is 17.3 Å². The Labute approximate surface area is 95.0 Å². The van der Waals surface area contributed by atoms with Gasteiger partial charge < -0.3 is 5.73 Å². The van der Waals surface area contributed by atoms with Gasteiger partial charge in [0.25, 0.3) is 0 Å². The van der Waals surface area contributed by atoms with Gasteiger partial charge in [0.1, 0.15) is 0 Å². The maximum Gasteiger partial charge on any atom is 0.0409 e. The minimum atomic E-state index is 0.185. The Bertz CT molecular complexity index is 299. The third kappa shape index (κ3) is 3.52. The molecule has 3 heteroatoms. The fraction of sp³-hybridized carbons (Fsp3) is 0.455. The number of hydrogen-bond acceptors (Lipinski definition) is 2. The molecule has 0 saturated heterocycles. The van der Waals surface area contributed by atoms with E-state index in [1.165, 1.54) is 10.5 Å². The van der Waals surface area contributed by atoms with E-state index < -0.39 is 0 Å². The Balaban J connectivity index is 2.90. The molecule has 0 spiro atoms. The van der Waals surface area contributed by atoms with E-state index in [0.29, 0.717) is 0 Å². The molecule has 1 rings (SSSR count). The van der Waals surface area contributed by atoms with Crippen LogP contribution in [0.1, 0.15) is 19.4 Å². The summed E-state index contributed by atoms with van der Waals surface area (Å²) in [5, 5.41) is 0.793. The van der Waals surface area contributed by atoms with E-state index in [1.54, 1.807) is 0 Å². The number of rotatable bonds is 4. The summed E-state index contributed by atoms with van der Waals surface area (Å²) < 4.78 is 0. The lowest BCUT2D eigenvalue weighted by Gasteiger charge is -2.10. The molecule has 0 saturated carbocycles. The van der Waals surface area contributed by atoms with Crippen molar-refractivity contribution >= 4 is 23.4 Å². The minimum absolute atomic E-state index is 0.185. The molecule has 1 unspecified atom stereocenters. The van der Waals surface area contributed by atoms with Gasteiger partial charge in [0.05, 0.1) is 0 Å². The zero-order valence-electron chi connectivity index (χ0n) is 8.59. The van der Waals surface area contributed by atoms with Gasteiger partial charge in [-0.3, -0.25) is 0 Å². The smallest absolute Gasteiger partial charge is 0.0409 e. The summed E-state index contributed by atoms with van der Waals surface area (Å²) in [6.45, 7) is 4.16. The van der Waals surface area contributed by atoms with Crippen molar-refractivity contribution in [1.82, 2.24) is 0 Å². The fourth-order valence-electron chi connectivity index (χ4n) is 1.35. The van der Waals surface area contributed by atoms with Crippen molar-refractivity contribution in [3.05, 3.63) is 28.8 Å². The molecular weight excluding hydrogens is 214 g/mol. The number of halogens is 1. The predicted molar refractivity (Wildman–Crippen MR) is 65.2 cm³/mol. The molecule has 0 aliphatic rings. The van der Waals surface area contributed by atoms with Gasteiger partial charge in [-0.1, -0.05) is 18.5 Å². The van der Waals surface area contributed by atoms with Crippen molar-refractivity contribution in [1.29, 1.82) is 0 Å². The van der Waals surface area contributed by atoms with E-state index in [0.717, 1.165) is 17.2 Å². The van der Waals surface area contributed by atoms with E-state index in [2.05, 4.69) is 13.0 Å². The number of thioether (sulfide) groups is 1. The minimum Gasteiger partial charge on any atom is -0.328 e. The van der Waals surface area contributed by atoms with E-state index >= 15 is 0 Å². The topological polar surface area (TPSA) is 26.0 Å². The van der Waals surface area contributed by atoms with E-state index in [9.17, 15) is 0 Å².